The molecule has 1 aliphatic rings. The Labute approximate surface area is 177 Å². The van der Waals surface area contributed by atoms with Crippen molar-refractivity contribution in [1.29, 1.82) is 0 Å². The highest BCUT2D eigenvalue weighted by Crippen LogP contribution is 2.18. The van der Waals surface area contributed by atoms with Crippen LogP contribution in [0.2, 0.25) is 0 Å². The van der Waals surface area contributed by atoms with Crippen molar-refractivity contribution in [1.82, 2.24) is 16.0 Å². The second kappa shape index (κ2) is 12.7. The van der Waals surface area contributed by atoms with Crippen LogP contribution in [0.15, 0.2) is 29.3 Å². The van der Waals surface area contributed by atoms with Crippen LogP contribution in [-0.2, 0) is 4.79 Å². The summed E-state index contributed by atoms with van der Waals surface area (Å²) in [6, 6.07) is 6.75. The Kier molecular flexibility index (Phi) is 11.1. The molecule has 1 amide bonds. The van der Waals surface area contributed by atoms with Crippen molar-refractivity contribution in [3.05, 3.63) is 30.1 Å². The third-order valence-electron chi connectivity index (χ3n) is 3.83. The minimum Gasteiger partial charge on any atom is -0.486 e. The van der Waals surface area contributed by atoms with Crippen LogP contribution in [0.25, 0.3) is 0 Å². The quantitative estimate of drug-likeness (QED) is 0.203. The van der Waals surface area contributed by atoms with Crippen molar-refractivity contribution >= 4 is 35.8 Å². The topological polar surface area (TPSA) is 74.8 Å². The number of rotatable bonds is 10. The molecule has 1 aliphatic carbocycles. The number of carbonyl (C=O) groups is 1. The Morgan fingerprint density at radius 1 is 1.33 bits per heavy atom. The van der Waals surface area contributed by atoms with Gasteiger partial charge in [0.15, 0.2) is 17.5 Å². The highest BCUT2D eigenvalue weighted by molar-refractivity contribution is 14.0. The number of amides is 1. The summed E-state index contributed by atoms with van der Waals surface area (Å²) < 4.78 is 19.2. The summed E-state index contributed by atoms with van der Waals surface area (Å²) >= 11 is 0. The molecule has 3 N–H and O–H groups in total. The van der Waals surface area contributed by atoms with Crippen molar-refractivity contribution < 1.29 is 13.9 Å². The van der Waals surface area contributed by atoms with Crippen LogP contribution in [-0.4, -0.2) is 43.6 Å². The smallest absolute Gasteiger partial charge is 0.220 e. The Morgan fingerprint density at radius 2 is 2.07 bits per heavy atom. The zero-order valence-corrected chi connectivity index (χ0v) is 18.3. The highest BCUT2D eigenvalue weighted by Gasteiger charge is 2.22. The van der Waals surface area contributed by atoms with E-state index in [0.717, 1.165) is 25.8 Å². The lowest BCUT2D eigenvalue weighted by Gasteiger charge is -2.15. The van der Waals surface area contributed by atoms with Gasteiger partial charge in [-0.05, 0) is 45.2 Å². The van der Waals surface area contributed by atoms with Crippen LogP contribution in [0, 0.1) is 5.82 Å². The number of ether oxygens (including phenoxy) is 1. The maximum absolute atomic E-state index is 13.6. The van der Waals surface area contributed by atoms with E-state index in [1.807, 2.05) is 13.8 Å². The Balaban J connectivity index is 0.00000364. The summed E-state index contributed by atoms with van der Waals surface area (Å²) in [6.07, 6.45) is 3.20. The first-order chi connectivity index (χ1) is 12.6. The minimum absolute atomic E-state index is 0. The molecule has 0 radical (unpaired) electrons. The van der Waals surface area contributed by atoms with Gasteiger partial charge in [-0.1, -0.05) is 12.1 Å². The summed E-state index contributed by atoms with van der Waals surface area (Å²) in [7, 11) is 0. The minimum atomic E-state index is -0.377. The maximum atomic E-state index is 13.6. The molecule has 0 spiro atoms. The van der Waals surface area contributed by atoms with Gasteiger partial charge in [0.05, 0.1) is 6.54 Å². The van der Waals surface area contributed by atoms with E-state index in [4.69, 9.17) is 4.74 Å². The van der Waals surface area contributed by atoms with E-state index >= 15 is 0 Å². The fraction of sp³-hybridized carbons (Fsp3) is 0.579. The first kappa shape index (κ1) is 23.5. The summed E-state index contributed by atoms with van der Waals surface area (Å²) in [6.45, 7) is 5.62. The standard InChI is InChI=1S/C19H29FN4O2.HI/c1-3-21-19(22-12-6-9-18(25)24-15-10-11-15)23-13-14(2)26-17-8-5-4-7-16(17)20;/h4-5,7-8,14-15H,3,6,9-13H2,1-2H3,(H,24,25)(H2,21,22,23);1H. The zero-order valence-electron chi connectivity index (χ0n) is 16.0. The number of guanidine groups is 1. The summed E-state index contributed by atoms with van der Waals surface area (Å²) in [5.41, 5.74) is 0. The lowest BCUT2D eigenvalue weighted by Crippen LogP contribution is -2.39. The van der Waals surface area contributed by atoms with Gasteiger partial charge in [0.1, 0.15) is 6.10 Å². The SMILES string of the molecule is CCNC(=NCC(C)Oc1ccccc1F)NCCCC(=O)NC1CC1.I. The molecule has 0 aliphatic heterocycles. The molecule has 1 fully saturated rings. The zero-order chi connectivity index (χ0) is 18.8. The van der Waals surface area contributed by atoms with Crippen LogP contribution in [0.4, 0.5) is 4.39 Å². The number of benzene rings is 1. The molecule has 1 unspecified atom stereocenters. The van der Waals surface area contributed by atoms with Gasteiger partial charge in [0.2, 0.25) is 5.91 Å². The maximum Gasteiger partial charge on any atom is 0.220 e. The molecule has 1 saturated carbocycles. The second-order valence-electron chi connectivity index (χ2n) is 6.45. The van der Waals surface area contributed by atoms with Crippen LogP contribution in [0.1, 0.15) is 39.5 Å². The number of hydrogen-bond donors (Lipinski definition) is 3. The van der Waals surface area contributed by atoms with Crippen molar-refractivity contribution in [2.24, 2.45) is 4.99 Å². The fourth-order valence-electron chi connectivity index (χ4n) is 2.34. The van der Waals surface area contributed by atoms with Crippen LogP contribution < -0.4 is 20.7 Å². The van der Waals surface area contributed by atoms with E-state index in [1.165, 1.54) is 6.07 Å². The summed E-state index contributed by atoms with van der Waals surface area (Å²) in [5, 5.41) is 9.33. The molecule has 0 saturated heterocycles. The summed E-state index contributed by atoms with van der Waals surface area (Å²) in [4.78, 5) is 16.1. The molecular weight excluding hydrogens is 462 g/mol. The predicted octanol–water partition coefficient (Wildman–Crippen LogP) is 2.82. The molecule has 1 atom stereocenters. The third-order valence-corrected chi connectivity index (χ3v) is 3.83. The Hall–Kier alpha value is -1.58. The van der Waals surface area contributed by atoms with Gasteiger partial charge in [0, 0.05) is 25.6 Å². The third kappa shape index (κ3) is 9.78. The number of hydrogen-bond acceptors (Lipinski definition) is 3. The average molecular weight is 492 g/mol. The molecule has 0 aromatic heterocycles. The van der Waals surface area contributed by atoms with Crippen LogP contribution in [0.5, 0.6) is 5.75 Å². The second-order valence-corrected chi connectivity index (χ2v) is 6.45. The van der Waals surface area contributed by atoms with E-state index in [9.17, 15) is 9.18 Å². The van der Waals surface area contributed by atoms with Gasteiger partial charge in [-0.25, -0.2) is 9.38 Å². The Morgan fingerprint density at radius 3 is 2.74 bits per heavy atom. The first-order valence-corrected chi connectivity index (χ1v) is 9.31. The molecule has 27 heavy (non-hydrogen) atoms. The molecule has 8 heteroatoms. The fourth-order valence-corrected chi connectivity index (χ4v) is 2.34. The van der Waals surface area contributed by atoms with Gasteiger partial charge in [-0.15, -0.1) is 24.0 Å². The molecule has 6 nitrogen and oxygen atoms in total. The van der Waals surface area contributed by atoms with Gasteiger partial charge in [-0.3, -0.25) is 4.79 Å². The van der Waals surface area contributed by atoms with Gasteiger partial charge < -0.3 is 20.7 Å². The van der Waals surface area contributed by atoms with Gasteiger partial charge in [-0.2, -0.15) is 0 Å². The van der Waals surface area contributed by atoms with E-state index in [1.54, 1.807) is 18.2 Å². The molecule has 152 valence electrons. The highest BCUT2D eigenvalue weighted by atomic mass is 127. The van der Waals surface area contributed by atoms with Crippen molar-refractivity contribution in [3.63, 3.8) is 0 Å². The first-order valence-electron chi connectivity index (χ1n) is 9.31. The lowest BCUT2D eigenvalue weighted by atomic mass is 10.3. The molecule has 2 rings (SSSR count). The average Bonchev–Trinajstić information content (AvgIpc) is 3.42. The number of para-hydroxylation sites is 1. The molecule has 0 bridgehead atoms. The number of carbonyl (C=O) groups excluding carboxylic acids is 1. The number of aliphatic imine (C=N–C) groups is 1. The van der Waals surface area contributed by atoms with E-state index < -0.39 is 0 Å². The lowest BCUT2D eigenvalue weighted by molar-refractivity contribution is -0.121. The van der Waals surface area contributed by atoms with Crippen LogP contribution in [0.3, 0.4) is 0 Å². The largest absolute Gasteiger partial charge is 0.486 e. The number of nitrogens with zero attached hydrogens (tertiary/aromatic N) is 1. The van der Waals surface area contributed by atoms with Gasteiger partial charge in [0.25, 0.3) is 0 Å². The number of halogens is 2. The normalized spacial score (nSPS) is 14.7. The van der Waals surface area contributed by atoms with E-state index in [2.05, 4.69) is 20.9 Å². The monoisotopic (exact) mass is 492 g/mol. The van der Waals surface area contributed by atoms with Gasteiger partial charge >= 0.3 is 0 Å². The van der Waals surface area contributed by atoms with Crippen molar-refractivity contribution in [3.8, 4) is 5.75 Å². The Bertz CT molecular complexity index is 611. The van der Waals surface area contributed by atoms with Crippen molar-refractivity contribution in [2.75, 3.05) is 19.6 Å². The van der Waals surface area contributed by atoms with Crippen LogP contribution >= 0.6 is 24.0 Å². The molecular formula is C19H30FIN4O2. The van der Waals surface area contributed by atoms with E-state index in [0.29, 0.717) is 31.5 Å². The molecule has 1 aromatic carbocycles. The van der Waals surface area contributed by atoms with E-state index in [-0.39, 0.29) is 47.6 Å². The number of nitrogens with one attached hydrogen (secondary N) is 3. The molecule has 1 aromatic rings. The molecule has 0 heterocycles. The van der Waals surface area contributed by atoms with Crippen molar-refractivity contribution in [2.45, 2.75) is 51.7 Å². The predicted molar refractivity (Wildman–Crippen MR) is 116 cm³/mol. The summed E-state index contributed by atoms with van der Waals surface area (Å²) in [5.74, 6) is 0.634.